The third kappa shape index (κ3) is 10.1. The SMILES string of the molecule is CCCCN(CCCC)CC(O)COc1ccc(F)cc1C(=O)CCc1ccccc1.Cl. The maximum Gasteiger partial charge on any atom is 0.167 e. The predicted molar refractivity (Wildman–Crippen MR) is 130 cm³/mol. The van der Waals surface area contributed by atoms with E-state index in [0.717, 1.165) is 44.3 Å². The van der Waals surface area contributed by atoms with Gasteiger partial charge in [0.2, 0.25) is 0 Å². The van der Waals surface area contributed by atoms with Crippen LogP contribution in [0, 0.1) is 5.82 Å². The minimum absolute atomic E-state index is 0. The molecule has 0 aliphatic rings. The molecule has 0 aliphatic heterocycles. The number of rotatable bonds is 15. The van der Waals surface area contributed by atoms with Crippen LogP contribution in [-0.4, -0.2) is 48.1 Å². The van der Waals surface area contributed by atoms with Crippen molar-refractivity contribution in [2.75, 3.05) is 26.2 Å². The van der Waals surface area contributed by atoms with Crippen LogP contribution in [0.4, 0.5) is 4.39 Å². The van der Waals surface area contributed by atoms with Crippen LogP contribution in [0.3, 0.4) is 0 Å². The normalized spacial score (nSPS) is 11.8. The zero-order valence-corrected chi connectivity index (χ0v) is 20.1. The van der Waals surface area contributed by atoms with Gasteiger partial charge in [-0.15, -0.1) is 12.4 Å². The number of aliphatic hydroxyl groups is 1. The van der Waals surface area contributed by atoms with Crippen molar-refractivity contribution in [3.8, 4) is 5.75 Å². The molecule has 178 valence electrons. The molecule has 0 aliphatic carbocycles. The summed E-state index contributed by atoms with van der Waals surface area (Å²) in [6.07, 6.45) is 4.59. The Kier molecular flexibility index (Phi) is 13.9. The summed E-state index contributed by atoms with van der Waals surface area (Å²) in [6, 6.07) is 13.7. The number of hydrogen-bond acceptors (Lipinski definition) is 4. The van der Waals surface area contributed by atoms with Gasteiger partial charge < -0.3 is 14.7 Å². The van der Waals surface area contributed by atoms with Crippen LogP contribution in [0.25, 0.3) is 0 Å². The fourth-order valence-corrected chi connectivity index (χ4v) is 3.48. The number of carbonyl (C=O) groups excluding carboxylic acids is 1. The van der Waals surface area contributed by atoms with E-state index in [-0.39, 0.29) is 36.8 Å². The molecule has 2 aromatic rings. The Morgan fingerprint density at radius 1 is 1.06 bits per heavy atom. The fraction of sp³-hybridized carbons (Fsp3) is 0.500. The van der Waals surface area contributed by atoms with Crippen LogP contribution < -0.4 is 4.74 Å². The molecule has 4 nitrogen and oxygen atoms in total. The van der Waals surface area contributed by atoms with Gasteiger partial charge in [-0.2, -0.15) is 0 Å². The van der Waals surface area contributed by atoms with Crippen LogP contribution >= 0.6 is 12.4 Å². The average molecular weight is 466 g/mol. The van der Waals surface area contributed by atoms with Gasteiger partial charge in [-0.3, -0.25) is 4.79 Å². The van der Waals surface area contributed by atoms with Gasteiger partial charge in [0.15, 0.2) is 5.78 Å². The van der Waals surface area contributed by atoms with Crippen LogP contribution in [0.15, 0.2) is 48.5 Å². The highest BCUT2D eigenvalue weighted by molar-refractivity contribution is 5.98. The molecule has 0 saturated heterocycles. The number of ketones is 1. The minimum Gasteiger partial charge on any atom is -0.490 e. The Bertz CT molecular complexity index is 780. The van der Waals surface area contributed by atoms with E-state index in [0.29, 0.717) is 18.7 Å². The number of nitrogens with zero attached hydrogens (tertiary/aromatic N) is 1. The molecule has 1 atom stereocenters. The van der Waals surface area contributed by atoms with Gasteiger partial charge in [0.1, 0.15) is 24.3 Å². The standard InChI is InChI=1S/C26H36FNO3.ClH/c1-3-5-16-28(17-6-4-2)19-23(29)20-31-26-15-13-22(27)18-24(26)25(30)14-12-21-10-8-7-9-11-21;/h7-11,13,15,18,23,29H,3-6,12,14,16-17,19-20H2,1-2H3;1H. The van der Waals surface area contributed by atoms with Crippen LogP contribution in [0.1, 0.15) is 61.9 Å². The summed E-state index contributed by atoms with van der Waals surface area (Å²) in [7, 11) is 0. The van der Waals surface area contributed by atoms with E-state index < -0.39 is 11.9 Å². The molecule has 0 fully saturated rings. The van der Waals surface area contributed by atoms with Gasteiger partial charge in [-0.1, -0.05) is 57.0 Å². The van der Waals surface area contributed by atoms with E-state index in [1.807, 2.05) is 30.3 Å². The first-order chi connectivity index (χ1) is 15.0. The van der Waals surface area contributed by atoms with E-state index in [4.69, 9.17) is 4.74 Å². The summed E-state index contributed by atoms with van der Waals surface area (Å²) in [4.78, 5) is 15.0. The Labute approximate surface area is 198 Å². The van der Waals surface area contributed by atoms with Crippen LogP contribution in [0.2, 0.25) is 0 Å². The average Bonchev–Trinajstić information content (AvgIpc) is 2.79. The second-order valence-electron chi connectivity index (χ2n) is 8.02. The number of carbonyl (C=O) groups is 1. The Hall–Kier alpha value is -1.95. The molecule has 1 unspecified atom stereocenters. The van der Waals surface area contributed by atoms with Crippen molar-refractivity contribution in [3.05, 3.63) is 65.5 Å². The summed E-state index contributed by atoms with van der Waals surface area (Å²) < 4.78 is 19.6. The summed E-state index contributed by atoms with van der Waals surface area (Å²) in [5.41, 5.74) is 1.29. The lowest BCUT2D eigenvalue weighted by Crippen LogP contribution is -2.37. The molecule has 32 heavy (non-hydrogen) atoms. The molecule has 0 spiro atoms. The van der Waals surface area contributed by atoms with Crippen molar-refractivity contribution in [3.63, 3.8) is 0 Å². The molecular formula is C26H37ClFNO3. The second kappa shape index (κ2) is 15.8. The largest absolute Gasteiger partial charge is 0.490 e. The van der Waals surface area contributed by atoms with E-state index >= 15 is 0 Å². The van der Waals surface area contributed by atoms with Gasteiger partial charge in [0.25, 0.3) is 0 Å². The quantitative estimate of drug-likeness (QED) is 0.342. The first-order valence-electron chi connectivity index (χ1n) is 11.4. The molecule has 0 bridgehead atoms. The number of ether oxygens (including phenoxy) is 1. The summed E-state index contributed by atoms with van der Waals surface area (Å²) in [5, 5.41) is 10.5. The maximum atomic E-state index is 13.8. The lowest BCUT2D eigenvalue weighted by Gasteiger charge is -2.25. The third-order valence-corrected chi connectivity index (χ3v) is 5.28. The molecule has 0 aromatic heterocycles. The number of aryl methyl sites for hydroxylation is 1. The monoisotopic (exact) mass is 465 g/mol. The lowest BCUT2D eigenvalue weighted by molar-refractivity contribution is 0.0663. The highest BCUT2D eigenvalue weighted by atomic mass is 35.5. The third-order valence-electron chi connectivity index (χ3n) is 5.28. The molecule has 0 radical (unpaired) electrons. The highest BCUT2D eigenvalue weighted by Gasteiger charge is 2.17. The number of benzene rings is 2. The van der Waals surface area contributed by atoms with Crippen molar-refractivity contribution in [2.24, 2.45) is 0 Å². The lowest BCUT2D eigenvalue weighted by atomic mass is 10.0. The van der Waals surface area contributed by atoms with Gasteiger partial charge in [0.05, 0.1) is 5.56 Å². The van der Waals surface area contributed by atoms with E-state index in [1.54, 1.807) is 0 Å². The van der Waals surface area contributed by atoms with Crippen molar-refractivity contribution in [2.45, 2.75) is 58.5 Å². The molecule has 0 amide bonds. The van der Waals surface area contributed by atoms with Crippen molar-refractivity contribution in [1.82, 2.24) is 4.90 Å². The topological polar surface area (TPSA) is 49.8 Å². The fourth-order valence-electron chi connectivity index (χ4n) is 3.48. The summed E-state index contributed by atoms with van der Waals surface area (Å²) >= 11 is 0. The Morgan fingerprint density at radius 3 is 2.34 bits per heavy atom. The zero-order valence-electron chi connectivity index (χ0n) is 19.3. The Balaban J connectivity index is 0.00000512. The molecular weight excluding hydrogens is 429 g/mol. The molecule has 0 saturated carbocycles. The molecule has 2 aromatic carbocycles. The van der Waals surface area contributed by atoms with Crippen molar-refractivity contribution >= 4 is 18.2 Å². The zero-order chi connectivity index (χ0) is 22.5. The first-order valence-corrected chi connectivity index (χ1v) is 11.4. The van der Waals surface area contributed by atoms with E-state index in [9.17, 15) is 14.3 Å². The summed E-state index contributed by atoms with van der Waals surface area (Å²) in [5.74, 6) is -0.311. The minimum atomic E-state index is -0.675. The van der Waals surface area contributed by atoms with Crippen molar-refractivity contribution in [1.29, 1.82) is 0 Å². The smallest absolute Gasteiger partial charge is 0.167 e. The second-order valence-corrected chi connectivity index (χ2v) is 8.02. The highest BCUT2D eigenvalue weighted by Crippen LogP contribution is 2.22. The predicted octanol–water partition coefficient (Wildman–Crippen LogP) is 5.70. The number of hydrogen-bond donors (Lipinski definition) is 1. The number of aliphatic hydroxyl groups excluding tert-OH is 1. The van der Waals surface area contributed by atoms with Gasteiger partial charge >= 0.3 is 0 Å². The number of Topliss-reactive ketones (excluding diaryl/α,β-unsaturated/α-hetero) is 1. The van der Waals surface area contributed by atoms with Gasteiger partial charge in [0, 0.05) is 13.0 Å². The maximum absolute atomic E-state index is 13.8. The molecule has 6 heteroatoms. The molecule has 2 rings (SSSR count). The Morgan fingerprint density at radius 2 is 1.72 bits per heavy atom. The van der Waals surface area contributed by atoms with Crippen LogP contribution in [-0.2, 0) is 6.42 Å². The van der Waals surface area contributed by atoms with Gasteiger partial charge in [-0.05, 0) is 56.1 Å². The first kappa shape index (κ1) is 28.1. The number of unbranched alkanes of at least 4 members (excludes halogenated alkanes) is 2. The van der Waals surface area contributed by atoms with Gasteiger partial charge in [-0.25, -0.2) is 4.39 Å². The number of halogens is 2. The van der Waals surface area contributed by atoms with E-state index in [2.05, 4.69) is 18.7 Å². The van der Waals surface area contributed by atoms with Crippen LogP contribution in [0.5, 0.6) is 5.75 Å². The molecule has 1 N–H and O–H groups in total. The van der Waals surface area contributed by atoms with E-state index in [1.165, 1.54) is 18.2 Å². The summed E-state index contributed by atoms with van der Waals surface area (Å²) in [6.45, 7) is 6.81. The molecule has 0 heterocycles. The van der Waals surface area contributed by atoms with Crippen molar-refractivity contribution < 1.29 is 19.0 Å².